The molecule has 0 bridgehead atoms. The Balaban J connectivity index is 1.10. The molecular formula is C46H38N2. The Kier molecular flexibility index (Phi) is 6.36. The average molecular weight is 619 g/mol. The summed E-state index contributed by atoms with van der Waals surface area (Å²) in [4.78, 5) is 10.0. The van der Waals surface area contributed by atoms with Crippen molar-refractivity contribution >= 4 is 5.57 Å². The molecule has 48 heavy (non-hydrogen) atoms. The third kappa shape index (κ3) is 4.39. The molecule has 0 aliphatic heterocycles. The Morgan fingerprint density at radius 3 is 1.79 bits per heavy atom. The predicted molar refractivity (Wildman–Crippen MR) is 200 cm³/mol. The fraction of sp³-hybridized carbons (Fsp3) is 0.174. The second-order valence-corrected chi connectivity index (χ2v) is 14.5. The molecular weight excluding hydrogens is 581 g/mol. The van der Waals surface area contributed by atoms with Crippen LogP contribution in [0, 0.1) is 0 Å². The van der Waals surface area contributed by atoms with Gasteiger partial charge in [-0.25, -0.2) is 9.97 Å². The number of hydrogen-bond acceptors (Lipinski definition) is 2. The molecule has 5 aromatic carbocycles. The van der Waals surface area contributed by atoms with E-state index in [1.165, 1.54) is 55.6 Å². The van der Waals surface area contributed by atoms with Crippen LogP contribution in [0.5, 0.6) is 0 Å². The first-order valence-corrected chi connectivity index (χ1v) is 17.2. The van der Waals surface area contributed by atoms with Crippen LogP contribution in [-0.2, 0) is 10.8 Å². The number of allylic oxidation sites excluding steroid dienone is 4. The first-order chi connectivity index (χ1) is 23.3. The van der Waals surface area contributed by atoms with Crippen LogP contribution in [-0.4, -0.2) is 9.97 Å². The largest absolute Gasteiger partial charge is 0.228 e. The number of rotatable bonds is 4. The standard InChI is InChI=1S/C46H38N2/c1-45(2)38-18-12-11-17-34(38)36-26-41-37(27-40(36)45)35-25-33(23-24-39(35)46(41,3)4)29-19-21-31(22-20-29)43-28-42(30-13-7-5-8-14-30)47-44(48-43)32-15-9-6-10-16-32/h6-7,9-28H,5,8H2,1-4H3. The number of hydrogen-bond donors (Lipinski definition) is 0. The molecule has 1 aromatic heterocycles. The van der Waals surface area contributed by atoms with Crippen LogP contribution < -0.4 is 0 Å². The van der Waals surface area contributed by atoms with Gasteiger partial charge in [-0.1, -0.05) is 137 Å². The second kappa shape index (κ2) is 10.6. The fourth-order valence-electron chi connectivity index (χ4n) is 8.22. The minimum absolute atomic E-state index is 0.0215. The Morgan fingerprint density at radius 2 is 1.06 bits per heavy atom. The van der Waals surface area contributed by atoms with Gasteiger partial charge in [-0.15, -0.1) is 0 Å². The number of fused-ring (bicyclic) bond motifs is 6. The zero-order chi connectivity index (χ0) is 32.6. The van der Waals surface area contributed by atoms with E-state index in [1.54, 1.807) is 0 Å². The molecule has 0 radical (unpaired) electrons. The van der Waals surface area contributed by atoms with Crippen molar-refractivity contribution in [3.63, 3.8) is 0 Å². The van der Waals surface area contributed by atoms with Gasteiger partial charge >= 0.3 is 0 Å². The maximum atomic E-state index is 5.05. The normalized spacial score (nSPS) is 16.1. The summed E-state index contributed by atoms with van der Waals surface area (Å²) in [5, 5.41) is 0. The summed E-state index contributed by atoms with van der Waals surface area (Å²) >= 11 is 0. The molecule has 3 aliphatic carbocycles. The van der Waals surface area contributed by atoms with Crippen LogP contribution in [0.2, 0.25) is 0 Å². The van der Waals surface area contributed by atoms with Gasteiger partial charge in [0.05, 0.1) is 11.4 Å². The molecule has 0 unspecified atom stereocenters. The molecule has 1 heterocycles. The van der Waals surface area contributed by atoms with Gasteiger partial charge in [0.2, 0.25) is 0 Å². The zero-order valence-corrected chi connectivity index (χ0v) is 28.0. The van der Waals surface area contributed by atoms with Gasteiger partial charge in [0.1, 0.15) is 0 Å². The van der Waals surface area contributed by atoms with Crippen molar-refractivity contribution in [2.45, 2.75) is 51.4 Å². The molecule has 0 saturated heterocycles. The molecule has 0 atom stereocenters. The molecule has 0 fully saturated rings. The van der Waals surface area contributed by atoms with Crippen molar-refractivity contribution in [3.8, 4) is 56.0 Å². The van der Waals surface area contributed by atoms with Crippen LogP contribution in [0.15, 0.2) is 133 Å². The zero-order valence-electron chi connectivity index (χ0n) is 28.0. The topological polar surface area (TPSA) is 25.8 Å². The van der Waals surface area contributed by atoms with Gasteiger partial charge in [0.25, 0.3) is 0 Å². The van der Waals surface area contributed by atoms with Crippen LogP contribution in [0.1, 0.15) is 68.5 Å². The lowest BCUT2D eigenvalue weighted by Crippen LogP contribution is -2.16. The highest BCUT2D eigenvalue weighted by molar-refractivity contribution is 5.91. The Hall–Kier alpha value is -5.34. The number of aromatic nitrogens is 2. The summed E-state index contributed by atoms with van der Waals surface area (Å²) in [5.41, 5.74) is 18.7. The Bertz CT molecular complexity index is 2320. The van der Waals surface area contributed by atoms with E-state index in [-0.39, 0.29) is 10.8 Å². The van der Waals surface area contributed by atoms with Gasteiger partial charge in [-0.05, 0) is 98.3 Å². The van der Waals surface area contributed by atoms with Crippen LogP contribution >= 0.6 is 0 Å². The highest BCUT2D eigenvalue weighted by atomic mass is 14.9. The van der Waals surface area contributed by atoms with E-state index < -0.39 is 0 Å². The van der Waals surface area contributed by atoms with Crippen molar-refractivity contribution < 1.29 is 0 Å². The average Bonchev–Trinajstić information content (AvgIpc) is 3.50. The molecule has 0 amide bonds. The van der Waals surface area contributed by atoms with Crippen molar-refractivity contribution in [1.82, 2.24) is 9.97 Å². The second-order valence-electron chi connectivity index (χ2n) is 14.5. The van der Waals surface area contributed by atoms with Crippen molar-refractivity contribution in [1.29, 1.82) is 0 Å². The minimum atomic E-state index is -0.0616. The SMILES string of the molecule is CC1(C)c2ccccc2-c2cc3c(cc21)-c1cc(-c2ccc(-c4cc(C5=CCCC=C5)nc(-c5ccccc5)n4)cc2)ccc1C3(C)C. The smallest absolute Gasteiger partial charge is 0.160 e. The number of benzene rings is 5. The summed E-state index contributed by atoms with van der Waals surface area (Å²) in [5.74, 6) is 0.754. The van der Waals surface area contributed by atoms with Gasteiger partial charge in [-0.3, -0.25) is 0 Å². The van der Waals surface area contributed by atoms with E-state index in [0.29, 0.717) is 0 Å². The molecule has 0 spiro atoms. The molecule has 3 aliphatic rings. The minimum Gasteiger partial charge on any atom is -0.228 e. The molecule has 0 N–H and O–H groups in total. The highest BCUT2D eigenvalue weighted by Gasteiger charge is 2.41. The van der Waals surface area contributed by atoms with Crippen molar-refractivity contribution in [2.24, 2.45) is 0 Å². The summed E-state index contributed by atoms with van der Waals surface area (Å²) in [6.45, 7) is 9.50. The first-order valence-electron chi connectivity index (χ1n) is 17.2. The summed E-state index contributed by atoms with van der Waals surface area (Å²) in [7, 11) is 0. The van der Waals surface area contributed by atoms with E-state index in [9.17, 15) is 0 Å². The molecule has 0 saturated carbocycles. The maximum absolute atomic E-state index is 5.05. The van der Waals surface area contributed by atoms with E-state index in [0.717, 1.165) is 46.8 Å². The van der Waals surface area contributed by atoms with Gasteiger partial charge in [0.15, 0.2) is 5.82 Å². The highest BCUT2D eigenvalue weighted by Crippen LogP contribution is 2.56. The van der Waals surface area contributed by atoms with E-state index >= 15 is 0 Å². The molecule has 9 rings (SSSR count). The van der Waals surface area contributed by atoms with E-state index in [4.69, 9.17) is 9.97 Å². The van der Waals surface area contributed by atoms with Gasteiger partial charge < -0.3 is 0 Å². The van der Waals surface area contributed by atoms with Crippen LogP contribution in [0.3, 0.4) is 0 Å². The number of nitrogens with zero attached hydrogens (tertiary/aromatic N) is 2. The molecule has 2 heteroatoms. The van der Waals surface area contributed by atoms with Crippen molar-refractivity contribution in [2.75, 3.05) is 0 Å². The molecule has 6 aromatic rings. The van der Waals surface area contributed by atoms with E-state index in [2.05, 4.69) is 143 Å². The summed E-state index contributed by atoms with van der Waals surface area (Å²) < 4.78 is 0. The van der Waals surface area contributed by atoms with Crippen molar-refractivity contribution in [3.05, 3.63) is 161 Å². The summed E-state index contributed by atoms with van der Waals surface area (Å²) in [6.07, 6.45) is 8.82. The molecule has 232 valence electrons. The Morgan fingerprint density at radius 1 is 0.458 bits per heavy atom. The van der Waals surface area contributed by atoms with Gasteiger partial charge in [-0.2, -0.15) is 0 Å². The summed E-state index contributed by atoms with van der Waals surface area (Å²) in [6, 6.07) is 42.3. The lowest BCUT2D eigenvalue weighted by Gasteiger charge is -2.24. The monoisotopic (exact) mass is 618 g/mol. The third-order valence-corrected chi connectivity index (χ3v) is 10.9. The fourth-order valence-corrected chi connectivity index (χ4v) is 8.22. The van der Waals surface area contributed by atoms with Crippen LogP contribution in [0.4, 0.5) is 0 Å². The quantitative estimate of drug-likeness (QED) is 0.196. The van der Waals surface area contributed by atoms with Gasteiger partial charge in [0, 0.05) is 22.0 Å². The predicted octanol–water partition coefficient (Wildman–Crippen LogP) is 11.8. The lowest BCUT2D eigenvalue weighted by molar-refractivity contribution is 0.652. The van der Waals surface area contributed by atoms with E-state index in [1.807, 2.05) is 18.2 Å². The first kappa shape index (κ1) is 28.8. The van der Waals surface area contributed by atoms with Crippen LogP contribution in [0.25, 0.3) is 61.6 Å². The maximum Gasteiger partial charge on any atom is 0.160 e. The molecule has 2 nitrogen and oxygen atoms in total. The Labute approximate surface area is 283 Å². The third-order valence-electron chi connectivity index (χ3n) is 10.9. The lowest BCUT2D eigenvalue weighted by atomic mass is 9.79.